The molecule has 3 rings (SSSR count). The number of benzene rings is 1. The molecule has 2 aromatic rings. The highest BCUT2D eigenvalue weighted by molar-refractivity contribution is 5.84. The first-order valence-corrected chi connectivity index (χ1v) is 6.83. The minimum absolute atomic E-state index is 0.0770. The highest BCUT2D eigenvalue weighted by Gasteiger charge is 2.27. The smallest absolute Gasteiger partial charge is 0.223 e. The fourth-order valence-corrected chi connectivity index (χ4v) is 2.73. The molecule has 2 heterocycles. The van der Waals surface area contributed by atoms with Gasteiger partial charge in [0.15, 0.2) is 0 Å². The van der Waals surface area contributed by atoms with Gasteiger partial charge in [-0.05, 0) is 17.4 Å². The van der Waals surface area contributed by atoms with E-state index in [9.17, 15) is 4.79 Å². The summed E-state index contributed by atoms with van der Waals surface area (Å²) < 4.78 is 0. The summed E-state index contributed by atoms with van der Waals surface area (Å²) >= 11 is 0. The van der Waals surface area contributed by atoms with Gasteiger partial charge in [0.1, 0.15) is 0 Å². The molecule has 1 atom stereocenters. The van der Waals surface area contributed by atoms with E-state index in [1.165, 1.54) is 10.9 Å². The summed E-state index contributed by atoms with van der Waals surface area (Å²) in [4.78, 5) is 18.0. The van der Waals surface area contributed by atoms with Crippen molar-refractivity contribution in [2.45, 2.75) is 12.8 Å². The Morgan fingerprint density at radius 3 is 3.00 bits per heavy atom. The number of likely N-dealkylation sites (tertiary alicyclic amines) is 1. The van der Waals surface area contributed by atoms with Gasteiger partial charge in [0, 0.05) is 43.2 Å². The number of terminal acetylenes is 1. The molecule has 3 heteroatoms. The summed E-state index contributed by atoms with van der Waals surface area (Å²) in [5, 5.41) is 2.35. The molecule has 1 aromatic heterocycles. The van der Waals surface area contributed by atoms with Crippen LogP contribution in [0.15, 0.2) is 36.7 Å². The number of nitrogens with zero attached hydrogens (tertiary/aromatic N) is 2. The van der Waals surface area contributed by atoms with Crippen molar-refractivity contribution in [3.8, 4) is 12.3 Å². The molecule has 100 valence electrons. The van der Waals surface area contributed by atoms with Crippen molar-refractivity contribution in [1.29, 1.82) is 0 Å². The molecule has 20 heavy (non-hydrogen) atoms. The molecule has 0 bridgehead atoms. The van der Waals surface area contributed by atoms with Crippen molar-refractivity contribution < 1.29 is 4.79 Å². The van der Waals surface area contributed by atoms with Gasteiger partial charge in [-0.1, -0.05) is 24.3 Å². The van der Waals surface area contributed by atoms with Crippen LogP contribution in [0.2, 0.25) is 0 Å². The molecule has 1 saturated heterocycles. The Bertz CT molecular complexity index is 681. The second-order valence-corrected chi connectivity index (χ2v) is 5.18. The Morgan fingerprint density at radius 2 is 2.20 bits per heavy atom. The molecule has 1 fully saturated rings. The van der Waals surface area contributed by atoms with Gasteiger partial charge in [-0.2, -0.15) is 0 Å². The number of hydrogen-bond acceptors (Lipinski definition) is 2. The van der Waals surface area contributed by atoms with Gasteiger partial charge in [0.05, 0.1) is 0 Å². The standard InChI is InChI=1S/C17H16N2O/c1-2-13-9-17(20)19(12-13)8-7-15-11-18-10-14-5-3-4-6-16(14)15/h1,3-6,10-11,13H,7-9,12H2. The van der Waals surface area contributed by atoms with Crippen molar-refractivity contribution in [3.05, 3.63) is 42.2 Å². The molecule has 0 saturated carbocycles. The van der Waals surface area contributed by atoms with Crippen LogP contribution >= 0.6 is 0 Å². The van der Waals surface area contributed by atoms with Crippen LogP contribution in [0, 0.1) is 18.3 Å². The van der Waals surface area contributed by atoms with Crippen LogP contribution in [-0.2, 0) is 11.2 Å². The lowest BCUT2D eigenvalue weighted by atomic mass is 10.1. The quantitative estimate of drug-likeness (QED) is 0.797. The third-order valence-corrected chi connectivity index (χ3v) is 3.85. The molecule has 0 radical (unpaired) electrons. The highest BCUT2D eigenvalue weighted by Crippen LogP contribution is 2.20. The van der Waals surface area contributed by atoms with Crippen LogP contribution in [0.1, 0.15) is 12.0 Å². The van der Waals surface area contributed by atoms with E-state index in [2.05, 4.69) is 23.0 Å². The van der Waals surface area contributed by atoms with Crippen LogP contribution in [-0.4, -0.2) is 28.9 Å². The third-order valence-electron chi connectivity index (χ3n) is 3.85. The summed E-state index contributed by atoms with van der Waals surface area (Å²) in [5.41, 5.74) is 1.18. The molecular weight excluding hydrogens is 248 g/mol. The zero-order chi connectivity index (χ0) is 13.9. The lowest BCUT2D eigenvalue weighted by molar-refractivity contribution is -0.127. The molecule has 3 nitrogen and oxygen atoms in total. The van der Waals surface area contributed by atoms with Crippen LogP contribution in [0.4, 0.5) is 0 Å². The number of aromatic nitrogens is 1. The van der Waals surface area contributed by atoms with Crippen LogP contribution in [0.3, 0.4) is 0 Å². The Kier molecular flexibility index (Phi) is 3.39. The second kappa shape index (κ2) is 5.34. The fourth-order valence-electron chi connectivity index (χ4n) is 2.73. The molecule has 0 spiro atoms. The number of hydrogen-bond donors (Lipinski definition) is 0. The van der Waals surface area contributed by atoms with E-state index in [1.807, 2.05) is 29.4 Å². The summed E-state index contributed by atoms with van der Waals surface area (Å²) in [5.74, 6) is 2.92. The van der Waals surface area contributed by atoms with Crippen molar-refractivity contribution in [2.75, 3.05) is 13.1 Å². The van der Waals surface area contributed by atoms with Gasteiger partial charge in [-0.25, -0.2) is 0 Å². The zero-order valence-corrected chi connectivity index (χ0v) is 11.2. The van der Waals surface area contributed by atoms with Gasteiger partial charge in [-0.3, -0.25) is 9.78 Å². The first kappa shape index (κ1) is 12.7. The number of pyridine rings is 1. The summed E-state index contributed by atoms with van der Waals surface area (Å²) in [6, 6.07) is 8.19. The van der Waals surface area contributed by atoms with Crippen LogP contribution in [0.25, 0.3) is 10.8 Å². The van der Waals surface area contributed by atoms with Gasteiger partial charge >= 0.3 is 0 Å². The number of fused-ring (bicyclic) bond motifs is 1. The van der Waals surface area contributed by atoms with Crippen molar-refractivity contribution in [1.82, 2.24) is 9.88 Å². The first-order chi connectivity index (χ1) is 9.78. The molecule has 0 aliphatic carbocycles. The van der Waals surface area contributed by atoms with Crippen molar-refractivity contribution in [3.63, 3.8) is 0 Å². The van der Waals surface area contributed by atoms with E-state index in [0.29, 0.717) is 19.5 Å². The molecule has 0 N–H and O–H groups in total. The van der Waals surface area contributed by atoms with E-state index in [4.69, 9.17) is 6.42 Å². The van der Waals surface area contributed by atoms with Crippen LogP contribution in [0.5, 0.6) is 0 Å². The SMILES string of the molecule is C#CC1CC(=O)N(CCc2cncc3ccccc23)C1. The number of rotatable bonds is 3. The Hall–Kier alpha value is -2.34. The van der Waals surface area contributed by atoms with E-state index in [0.717, 1.165) is 11.8 Å². The van der Waals surface area contributed by atoms with E-state index in [-0.39, 0.29) is 11.8 Å². The Morgan fingerprint density at radius 1 is 1.35 bits per heavy atom. The number of carbonyl (C=O) groups excluding carboxylic acids is 1. The van der Waals surface area contributed by atoms with Gasteiger partial charge in [-0.15, -0.1) is 12.3 Å². The first-order valence-electron chi connectivity index (χ1n) is 6.83. The molecule has 1 aromatic carbocycles. The topological polar surface area (TPSA) is 33.2 Å². The van der Waals surface area contributed by atoms with E-state index < -0.39 is 0 Å². The average molecular weight is 264 g/mol. The van der Waals surface area contributed by atoms with Gasteiger partial charge < -0.3 is 4.90 Å². The molecule has 1 aliphatic rings. The van der Waals surface area contributed by atoms with E-state index >= 15 is 0 Å². The maximum absolute atomic E-state index is 11.8. The number of carbonyl (C=O) groups is 1. The average Bonchev–Trinajstić information content (AvgIpc) is 2.85. The molecule has 1 unspecified atom stereocenters. The molecule has 1 aliphatic heterocycles. The maximum atomic E-state index is 11.8. The lowest BCUT2D eigenvalue weighted by Gasteiger charge is -2.16. The Balaban J connectivity index is 1.75. The van der Waals surface area contributed by atoms with Gasteiger partial charge in [0.2, 0.25) is 5.91 Å². The van der Waals surface area contributed by atoms with Crippen molar-refractivity contribution >= 4 is 16.7 Å². The predicted octanol–water partition coefficient (Wildman–Crippen LogP) is 2.26. The summed E-state index contributed by atoms with van der Waals surface area (Å²) in [6.07, 6.45) is 10.5. The third kappa shape index (κ3) is 2.37. The zero-order valence-electron chi connectivity index (χ0n) is 11.2. The summed E-state index contributed by atoms with van der Waals surface area (Å²) in [6.45, 7) is 1.40. The highest BCUT2D eigenvalue weighted by atomic mass is 16.2. The fraction of sp³-hybridized carbons (Fsp3) is 0.294. The minimum atomic E-state index is 0.0770. The van der Waals surface area contributed by atoms with E-state index in [1.54, 1.807) is 0 Å². The predicted molar refractivity (Wildman–Crippen MR) is 79.0 cm³/mol. The summed E-state index contributed by atoms with van der Waals surface area (Å²) in [7, 11) is 0. The largest absolute Gasteiger partial charge is 0.341 e. The molecular formula is C17H16N2O. The van der Waals surface area contributed by atoms with Crippen LogP contribution < -0.4 is 0 Å². The minimum Gasteiger partial charge on any atom is -0.341 e. The van der Waals surface area contributed by atoms with Gasteiger partial charge in [0.25, 0.3) is 0 Å². The Labute approximate surface area is 118 Å². The second-order valence-electron chi connectivity index (χ2n) is 5.18. The monoisotopic (exact) mass is 264 g/mol. The van der Waals surface area contributed by atoms with Crippen molar-refractivity contribution in [2.24, 2.45) is 5.92 Å². The number of amides is 1. The molecule has 1 amide bonds. The lowest BCUT2D eigenvalue weighted by Crippen LogP contribution is -2.27. The maximum Gasteiger partial charge on any atom is 0.223 e. The normalized spacial score (nSPS) is 18.4.